The van der Waals surface area contributed by atoms with E-state index in [9.17, 15) is 9.59 Å². The van der Waals surface area contributed by atoms with Gasteiger partial charge in [-0.05, 0) is 42.8 Å². The van der Waals surface area contributed by atoms with Crippen LogP contribution in [0.15, 0.2) is 65.5 Å². The molecule has 3 rings (SSSR count). The fourth-order valence-corrected chi connectivity index (χ4v) is 2.59. The quantitative estimate of drug-likeness (QED) is 0.742. The van der Waals surface area contributed by atoms with Crippen LogP contribution in [0, 0.1) is 0 Å². The van der Waals surface area contributed by atoms with Gasteiger partial charge in [-0.1, -0.05) is 30.3 Å². The van der Waals surface area contributed by atoms with Gasteiger partial charge in [0, 0.05) is 5.56 Å². The molecule has 2 N–H and O–H groups in total. The summed E-state index contributed by atoms with van der Waals surface area (Å²) in [6, 6.07) is 18.1. The minimum absolute atomic E-state index is 0.165. The SMILES string of the molecule is COc1ccc(-c2cc(C(=O)NC(C)c3ccccc3)[nH]c(=O)n2)cc1. The molecule has 2 aromatic carbocycles. The summed E-state index contributed by atoms with van der Waals surface area (Å²) >= 11 is 0. The highest BCUT2D eigenvalue weighted by molar-refractivity contribution is 5.93. The van der Waals surface area contributed by atoms with Gasteiger partial charge in [0.25, 0.3) is 5.91 Å². The first-order valence-corrected chi connectivity index (χ1v) is 8.18. The fraction of sp³-hybridized carbons (Fsp3) is 0.150. The molecule has 0 spiro atoms. The van der Waals surface area contributed by atoms with E-state index in [2.05, 4.69) is 15.3 Å². The monoisotopic (exact) mass is 349 g/mol. The van der Waals surface area contributed by atoms with Gasteiger partial charge >= 0.3 is 5.69 Å². The van der Waals surface area contributed by atoms with E-state index in [0.717, 1.165) is 11.1 Å². The Labute approximate surface area is 150 Å². The fourth-order valence-electron chi connectivity index (χ4n) is 2.59. The standard InChI is InChI=1S/C20H19N3O3/c1-13(14-6-4-3-5-7-14)21-19(24)18-12-17(22-20(25)23-18)15-8-10-16(26-2)11-9-15/h3-13H,1-2H3,(H,21,24)(H,22,23,25). The molecule has 0 bridgehead atoms. The number of H-pyrrole nitrogens is 1. The molecule has 6 heteroatoms. The third-order valence-electron chi connectivity index (χ3n) is 4.02. The lowest BCUT2D eigenvalue weighted by molar-refractivity contribution is 0.0934. The molecule has 1 heterocycles. The topological polar surface area (TPSA) is 84.1 Å². The molecule has 0 saturated carbocycles. The van der Waals surface area contributed by atoms with Gasteiger partial charge in [-0.3, -0.25) is 4.79 Å². The third-order valence-corrected chi connectivity index (χ3v) is 4.02. The number of aromatic nitrogens is 2. The summed E-state index contributed by atoms with van der Waals surface area (Å²) in [6.45, 7) is 1.89. The van der Waals surface area contributed by atoms with Crippen LogP contribution in [-0.4, -0.2) is 23.0 Å². The van der Waals surface area contributed by atoms with E-state index in [-0.39, 0.29) is 17.6 Å². The molecule has 1 amide bonds. The van der Waals surface area contributed by atoms with Crippen LogP contribution >= 0.6 is 0 Å². The molecule has 0 aliphatic carbocycles. The minimum atomic E-state index is -0.573. The second kappa shape index (κ2) is 7.65. The van der Waals surface area contributed by atoms with E-state index in [4.69, 9.17) is 4.74 Å². The van der Waals surface area contributed by atoms with E-state index < -0.39 is 5.69 Å². The molecule has 1 unspecified atom stereocenters. The van der Waals surface area contributed by atoms with Gasteiger partial charge in [0.2, 0.25) is 0 Å². The van der Waals surface area contributed by atoms with Gasteiger partial charge in [0.15, 0.2) is 0 Å². The highest BCUT2D eigenvalue weighted by Gasteiger charge is 2.14. The molecular formula is C20H19N3O3. The van der Waals surface area contributed by atoms with Crippen molar-refractivity contribution in [2.75, 3.05) is 7.11 Å². The number of amides is 1. The van der Waals surface area contributed by atoms with Crippen molar-refractivity contribution in [3.8, 4) is 17.0 Å². The zero-order valence-corrected chi connectivity index (χ0v) is 14.5. The third kappa shape index (κ3) is 3.97. The lowest BCUT2D eigenvalue weighted by Crippen LogP contribution is -2.29. The van der Waals surface area contributed by atoms with Gasteiger partial charge in [-0.25, -0.2) is 4.79 Å². The van der Waals surface area contributed by atoms with Crippen LogP contribution in [0.4, 0.5) is 0 Å². The van der Waals surface area contributed by atoms with Crippen molar-refractivity contribution in [2.45, 2.75) is 13.0 Å². The van der Waals surface area contributed by atoms with Crippen molar-refractivity contribution in [3.63, 3.8) is 0 Å². The van der Waals surface area contributed by atoms with Crippen LogP contribution in [-0.2, 0) is 0 Å². The summed E-state index contributed by atoms with van der Waals surface area (Å²) in [7, 11) is 1.58. The summed E-state index contributed by atoms with van der Waals surface area (Å²) in [4.78, 5) is 30.9. The van der Waals surface area contributed by atoms with E-state index in [0.29, 0.717) is 11.4 Å². The van der Waals surface area contributed by atoms with Gasteiger partial charge < -0.3 is 15.0 Å². The van der Waals surface area contributed by atoms with Crippen molar-refractivity contribution in [2.24, 2.45) is 0 Å². The molecule has 132 valence electrons. The van der Waals surface area contributed by atoms with E-state index >= 15 is 0 Å². The van der Waals surface area contributed by atoms with Gasteiger partial charge in [-0.15, -0.1) is 0 Å². The van der Waals surface area contributed by atoms with Gasteiger partial charge in [0.1, 0.15) is 11.4 Å². The number of methoxy groups -OCH3 is 1. The number of carbonyl (C=O) groups excluding carboxylic acids is 1. The number of nitrogens with zero attached hydrogens (tertiary/aromatic N) is 1. The minimum Gasteiger partial charge on any atom is -0.497 e. The van der Waals surface area contributed by atoms with Crippen LogP contribution in [0.25, 0.3) is 11.3 Å². The Morgan fingerprint density at radius 3 is 2.46 bits per heavy atom. The van der Waals surface area contributed by atoms with Crippen LogP contribution < -0.4 is 15.7 Å². The average molecular weight is 349 g/mol. The maximum atomic E-state index is 12.5. The molecule has 0 radical (unpaired) electrons. The second-order valence-corrected chi connectivity index (χ2v) is 5.82. The number of ether oxygens (including phenoxy) is 1. The largest absolute Gasteiger partial charge is 0.497 e. The normalized spacial score (nSPS) is 11.6. The first-order valence-electron chi connectivity index (χ1n) is 8.18. The number of aromatic amines is 1. The molecule has 0 aliphatic rings. The summed E-state index contributed by atoms with van der Waals surface area (Å²) in [5, 5.41) is 2.88. The number of hydrogen-bond acceptors (Lipinski definition) is 4. The van der Waals surface area contributed by atoms with E-state index in [1.54, 1.807) is 37.4 Å². The highest BCUT2D eigenvalue weighted by Crippen LogP contribution is 2.20. The molecule has 0 fully saturated rings. The van der Waals surface area contributed by atoms with Crippen molar-refractivity contribution < 1.29 is 9.53 Å². The van der Waals surface area contributed by atoms with E-state index in [1.165, 1.54) is 0 Å². The zero-order valence-electron chi connectivity index (χ0n) is 14.5. The highest BCUT2D eigenvalue weighted by atomic mass is 16.5. The van der Waals surface area contributed by atoms with Crippen molar-refractivity contribution in [1.29, 1.82) is 0 Å². The molecule has 26 heavy (non-hydrogen) atoms. The molecular weight excluding hydrogens is 330 g/mol. The molecule has 1 atom stereocenters. The molecule has 0 aliphatic heterocycles. The van der Waals surface area contributed by atoms with Crippen molar-refractivity contribution in [1.82, 2.24) is 15.3 Å². The molecule has 0 saturated heterocycles. The Balaban J connectivity index is 1.84. The lowest BCUT2D eigenvalue weighted by atomic mass is 10.1. The average Bonchev–Trinajstić information content (AvgIpc) is 2.68. The number of carbonyl (C=O) groups is 1. The van der Waals surface area contributed by atoms with E-state index in [1.807, 2.05) is 37.3 Å². The zero-order chi connectivity index (χ0) is 18.5. The Morgan fingerprint density at radius 1 is 1.12 bits per heavy atom. The number of hydrogen-bond donors (Lipinski definition) is 2. The second-order valence-electron chi connectivity index (χ2n) is 5.82. The van der Waals surface area contributed by atoms with Crippen LogP contribution in [0.5, 0.6) is 5.75 Å². The van der Waals surface area contributed by atoms with Crippen LogP contribution in [0.3, 0.4) is 0 Å². The maximum Gasteiger partial charge on any atom is 0.346 e. The Bertz CT molecular complexity index is 950. The first-order chi connectivity index (χ1) is 12.6. The summed E-state index contributed by atoms with van der Waals surface area (Å²) in [5.74, 6) is 0.337. The molecule has 1 aromatic heterocycles. The predicted octanol–water partition coefficient (Wildman–Crippen LogP) is 2.94. The number of nitrogens with one attached hydrogen (secondary N) is 2. The Morgan fingerprint density at radius 2 is 1.81 bits per heavy atom. The molecule has 3 aromatic rings. The predicted molar refractivity (Wildman–Crippen MR) is 99.2 cm³/mol. The van der Waals surface area contributed by atoms with Gasteiger partial charge in [-0.2, -0.15) is 4.98 Å². The van der Waals surface area contributed by atoms with Crippen molar-refractivity contribution >= 4 is 5.91 Å². The lowest BCUT2D eigenvalue weighted by Gasteiger charge is -2.14. The van der Waals surface area contributed by atoms with Gasteiger partial charge in [0.05, 0.1) is 18.8 Å². The summed E-state index contributed by atoms with van der Waals surface area (Å²) < 4.78 is 5.12. The van der Waals surface area contributed by atoms with Crippen LogP contribution in [0.1, 0.15) is 29.0 Å². The number of benzene rings is 2. The van der Waals surface area contributed by atoms with Crippen LogP contribution in [0.2, 0.25) is 0 Å². The van der Waals surface area contributed by atoms with Crippen molar-refractivity contribution in [3.05, 3.63) is 82.4 Å². The number of rotatable bonds is 5. The smallest absolute Gasteiger partial charge is 0.346 e. The maximum absolute atomic E-state index is 12.5. The molecule has 6 nitrogen and oxygen atoms in total. The first kappa shape index (κ1) is 17.4. The summed E-state index contributed by atoms with van der Waals surface area (Å²) in [5.41, 5.74) is 1.72. The Kier molecular flexibility index (Phi) is 5.12. The Hall–Kier alpha value is -3.41. The summed E-state index contributed by atoms with van der Waals surface area (Å²) in [6.07, 6.45) is 0.